The van der Waals surface area contributed by atoms with E-state index in [2.05, 4.69) is 0 Å². The van der Waals surface area contributed by atoms with Gasteiger partial charge in [-0.2, -0.15) is 0 Å². The second-order valence-corrected chi connectivity index (χ2v) is 5.91. The number of aldehydes is 1. The van der Waals surface area contributed by atoms with Crippen LogP contribution in [-0.2, 0) is 4.79 Å². The van der Waals surface area contributed by atoms with Gasteiger partial charge in [-0.3, -0.25) is 0 Å². The summed E-state index contributed by atoms with van der Waals surface area (Å²) < 4.78 is 0. The van der Waals surface area contributed by atoms with Gasteiger partial charge < -0.3 is 0 Å². The van der Waals surface area contributed by atoms with Crippen molar-refractivity contribution in [2.75, 3.05) is 5.88 Å². The molecule has 0 radical (unpaired) electrons. The van der Waals surface area contributed by atoms with Gasteiger partial charge in [0.05, 0.1) is 0 Å². The summed E-state index contributed by atoms with van der Waals surface area (Å²) in [6.07, 6.45) is 1.01. The van der Waals surface area contributed by atoms with Crippen LogP contribution in [-0.4, -0.2) is 29.6 Å². The Morgan fingerprint density at radius 3 is 2.86 bits per heavy atom. The first kappa shape index (κ1) is 7.60. The molecule has 0 aliphatic carbocycles. The van der Waals surface area contributed by atoms with Gasteiger partial charge in [0.15, 0.2) is 0 Å². The predicted molar refractivity (Wildman–Crippen MR) is 33.5 cm³/mol. The normalized spacial score (nSPS) is 8.14. The zero-order valence-corrected chi connectivity index (χ0v) is 7.92. The number of alkyl halides is 1. The summed E-state index contributed by atoms with van der Waals surface area (Å²) in [6.45, 7) is 0. The van der Waals surface area contributed by atoms with Gasteiger partial charge in [-0.15, -0.1) is 0 Å². The summed E-state index contributed by atoms with van der Waals surface area (Å²) in [5, 5.41) is 0. The molecular weight excluding hydrogens is 169 g/mol. The average molecular weight is 177 g/mol. The molecule has 1 nitrogen and oxygen atoms in total. The Bertz CT molecular complexity index is 49.0. The third-order valence-corrected chi connectivity index (χ3v) is 5.06. The summed E-state index contributed by atoms with van der Waals surface area (Å²) >= 11 is 4.92. The van der Waals surface area contributed by atoms with E-state index in [0.29, 0.717) is 0 Å². The second kappa shape index (κ2) is 6.60. The van der Waals surface area contributed by atoms with Crippen molar-refractivity contribution in [1.82, 2.24) is 0 Å². The van der Waals surface area contributed by atoms with Crippen molar-refractivity contribution in [2.24, 2.45) is 0 Å². The van der Waals surface area contributed by atoms with Crippen molar-refractivity contribution in [3.05, 3.63) is 0 Å². The minimum atomic E-state index is -0.448. The first-order chi connectivity index (χ1) is 3.41. The number of hydrogen-bond donors (Lipinski definition) is 0. The fourth-order valence-electron chi connectivity index (χ4n) is 0.322. The van der Waals surface area contributed by atoms with Gasteiger partial charge in [0.2, 0.25) is 0 Å². The summed E-state index contributed by atoms with van der Waals surface area (Å²) in [5.74, 6) is 0.758. The fourth-order valence-corrected chi connectivity index (χ4v) is 2.66. The van der Waals surface area contributed by atoms with Crippen LogP contribution in [0, 0.1) is 0 Å². The number of rotatable bonds is 4. The molecule has 0 saturated carbocycles. The summed E-state index contributed by atoms with van der Waals surface area (Å²) in [5.41, 5.74) is 0. The first-order valence-electron chi connectivity index (χ1n) is 2.41. The van der Waals surface area contributed by atoms with Gasteiger partial charge in [-0.25, -0.2) is 0 Å². The SMILES string of the molecule is O=C[CH2][GaH][CH2]CCl. The Morgan fingerprint density at radius 1 is 1.71 bits per heavy atom. The molecular formula is C4H8ClGaO. The van der Waals surface area contributed by atoms with Crippen LogP contribution in [0.5, 0.6) is 0 Å². The third-order valence-electron chi connectivity index (χ3n) is 0.706. The Hall–Kier alpha value is 0.596. The Labute approximate surface area is 56.2 Å². The molecule has 0 atom stereocenters. The van der Waals surface area contributed by atoms with Crippen LogP contribution in [0.2, 0.25) is 9.95 Å². The van der Waals surface area contributed by atoms with E-state index in [0.717, 1.165) is 22.1 Å². The molecule has 0 unspecified atom stereocenters. The van der Waals surface area contributed by atoms with E-state index in [1.807, 2.05) is 0 Å². The van der Waals surface area contributed by atoms with E-state index < -0.39 is 17.4 Å². The molecule has 40 valence electrons. The van der Waals surface area contributed by atoms with Crippen LogP contribution in [0.15, 0.2) is 0 Å². The first-order valence-corrected chi connectivity index (χ1v) is 7.14. The number of hydrogen-bond acceptors (Lipinski definition) is 1. The Kier molecular flexibility index (Phi) is 7.16. The average Bonchev–Trinajstić information content (AvgIpc) is 1.69. The van der Waals surface area contributed by atoms with Crippen molar-refractivity contribution >= 4 is 35.3 Å². The van der Waals surface area contributed by atoms with Crippen LogP contribution in [0.25, 0.3) is 0 Å². The van der Waals surface area contributed by atoms with Crippen molar-refractivity contribution in [1.29, 1.82) is 0 Å². The quantitative estimate of drug-likeness (QED) is 0.267. The van der Waals surface area contributed by atoms with Crippen molar-refractivity contribution in [3.63, 3.8) is 0 Å². The molecule has 0 aromatic heterocycles. The van der Waals surface area contributed by atoms with Crippen LogP contribution >= 0.6 is 11.6 Å². The van der Waals surface area contributed by atoms with E-state index in [1.165, 1.54) is 0 Å². The maximum absolute atomic E-state index is 9.68. The fraction of sp³-hybridized carbons (Fsp3) is 0.750. The van der Waals surface area contributed by atoms with Gasteiger partial charge in [0.1, 0.15) is 0 Å². The van der Waals surface area contributed by atoms with Gasteiger partial charge >= 0.3 is 55.9 Å². The molecule has 0 aromatic carbocycles. The summed E-state index contributed by atoms with van der Waals surface area (Å²) in [6, 6.07) is 0. The molecule has 0 spiro atoms. The second-order valence-electron chi connectivity index (χ2n) is 1.35. The Morgan fingerprint density at radius 2 is 2.43 bits per heavy atom. The van der Waals surface area contributed by atoms with E-state index in [4.69, 9.17) is 11.6 Å². The minimum absolute atomic E-state index is 0.448. The van der Waals surface area contributed by atoms with Gasteiger partial charge in [-0.05, 0) is 0 Å². The molecule has 7 heavy (non-hydrogen) atoms. The number of carbonyl (C=O) groups is 1. The molecule has 0 bridgehead atoms. The maximum atomic E-state index is 9.68. The third kappa shape index (κ3) is 6.60. The van der Waals surface area contributed by atoms with Crippen molar-refractivity contribution in [2.45, 2.75) is 9.95 Å². The van der Waals surface area contributed by atoms with Gasteiger partial charge in [-0.1, -0.05) is 0 Å². The zero-order chi connectivity index (χ0) is 5.54. The summed E-state index contributed by atoms with van der Waals surface area (Å²) in [4.78, 5) is 11.7. The van der Waals surface area contributed by atoms with Gasteiger partial charge in [0, 0.05) is 0 Å². The van der Waals surface area contributed by atoms with Crippen LogP contribution in [0.4, 0.5) is 0 Å². The molecule has 3 heteroatoms. The van der Waals surface area contributed by atoms with E-state index in [9.17, 15) is 4.79 Å². The Balaban J connectivity index is 2.56. The van der Waals surface area contributed by atoms with Crippen LogP contribution < -0.4 is 0 Å². The van der Waals surface area contributed by atoms with E-state index >= 15 is 0 Å². The van der Waals surface area contributed by atoms with Crippen LogP contribution in [0.1, 0.15) is 0 Å². The molecule has 0 heterocycles. The summed E-state index contributed by atoms with van der Waals surface area (Å²) in [7, 11) is 0. The van der Waals surface area contributed by atoms with Crippen molar-refractivity contribution < 1.29 is 4.79 Å². The monoisotopic (exact) mass is 176 g/mol. The molecule has 0 rings (SSSR count). The number of carbonyl (C=O) groups excluding carboxylic acids is 1. The molecule has 0 amide bonds. The molecule has 0 aliphatic rings. The van der Waals surface area contributed by atoms with E-state index in [1.54, 1.807) is 0 Å². The topological polar surface area (TPSA) is 17.1 Å². The molecule has 0 N–H and O–H groups in total. The number of halogens is 1. The van der Waals surface area contributed by atoms with Gasteiger partial charge in [0.25, 0.3) is 0 Å². The van der Waals surface area contributed by atoms with Crippen LogP contribution in [0.3, 0.4) is 0 Å². The zero-order valence-electron chi connectivity index (χ0n) is 4.19. The molecule has 0 aromatic rings. The van der Waals surface area contributed by atoms with Crippen molar-refractivity contribution in [3.8, 4) is 0 Å². The molecule has 0 saturated heterocycles. The molecule has 0 fully saturated rings. The predicted octanol–water partition coefficient (Wildman–Crippen LogP) is 0.697. The molecule has 0 aliphatic heterocycles. The van der Waals surface area contributed by atoms with E-state index in [-0.39, 0.29) is 0 Å². The standard InChI is InChI=1S/C2H4Cl.C2H3O.Ga.H/c2*1-2-3;;/h1-2H2;2H,1H2;;.